The van der Waals surface area contributed by atoms with Gasteiger partial charge in [-0.2, -0.15) is 0 Å². The zero-order valence-corrected chi connectivity index (χ0v) is 9.47. The van der Waals surface area contributed by atoms with Crippen molar-refractivity contribution in [1.29, 1.82) is 0 Å². The summed E-state index contributed by atoms with van der Waals surface area (Å²) < 4.78 is 0. The number of carbonyl (C=O) groups is 1. The molecule has 0 fully saturated rings. The predicted molar refractivity (Wildman–Crippen MR) is 63.1 cm³/mol. The molecule has 0 heterocycles. The van der Waals surface area contributed by atoms with E-state index in [0.717, 1.165) is 24.1 Å². The first-order valence-corrected chi connectivity index (χ1v) is 5.27. The summed E-state index contributed by atoms with van der Waals surface area (Å²) in [5.74, 6) is -0.0775. The van der Waals surface area contributed by atoms with E-state index in [0.29, 0.717) is 11.6 Å². The van der Waals surface area contributed by atoms with E-state index in [4.69, 9.17) is 17.3 Å². The summed E-state index contributed by atoms with van der Waals surface area (Å²) in [6.45, 7) is 2.12. The Bertz CT molecular complexity index is 352. The fraction of sp³-hybridized carbons (Fsp3) is 0.364. The largest absolute Gasteiger partial charge is 0.330 e. The second-order valence-electron chi connectivity index (χ2n) is 3.37. The van der Waals surface area contributed by atoms with Crippen molar-refractivity contribution in [1.82, 2.24) is 0 Å². The molecule has 0 aliphatic carbocycles. The minimum atomic E-state index is -0.0775. The number of anilines is 1. The zero-order chi connectivity index (χ0) is 11.3. The number of amides is 1. The molecule has 0 aromatic heterocycles. The summed E-state index contributed by atoms with van der Waals surface area (Å²) in [5, 5.41) is 3.45. The molecule has 1 aromatic carbocycles. The normalized spacial score (nSPS) is 10.1. The van der Waals surface area contributed by atoms with Gasteiger partial charge in [0.1, 0.15) is 0 Å². The Kier molecular flexibility index (Phi) is 4.59. The van der Waals surface area contributed by atoms with Crippen molar-refractivity contribution >= 4 is 23.2 Å². The lowest BCUT2D eigenvalue weighted by atomic mass is 10.1. The highest BCUT2D eigenvalue weighted by molar-refractivity contribution is 6.30. The molecule has 3 N–H and O–H groups in total. The van der Waals surface area contributed by atoms with Crippen LogP contribution in [0.1, 0.15) is 18.9 Å². The van der Waals surface area contributed by atoms with E-state index in [1.807, 2.05) is 12.1 Å². The van der Waals surface area contributed by atoms with E-state index in [1.165, 1.54) is 6.92 Å². The molecular weight excluding hydrogens is 212 g/mol. The molecule has 0 saturated heterocycles. The van der Waals surface area contributed by atoms with Crippen LogP contribution in [-0.2, 0) is 11.2 Å². The lowest BCUT2D eigenvalue weighted by Gasteiger charge is -2.09. The summed E-state index contributed by atoms with van der Waals surface area (Å²) in [4.78, 5) is 11.0. The van der Waals surface area contributed by atoms with Gasteiger partial charge in [-0.3, -0.25) is 4.79 Å². The fourth-order valence-corrected chi connectivity index (χ4v) is 1.57. The van der Waals surface area contributed by atoms with Gasteiger partial charge in [0.2, 0.25) is 5.91 Å². The maximum atomic E-state index is 11.0. The number of nitrogens with two attached hydrogens (primary N) is 1. The molecule has 82 valence electrons. The zero-order valence-electron chi connectivity index (χ0n) is 8.72. The number of carbonyl (C=O) groups excluding carboxylic acids is 1. The van der Waals surface area contributed by atoms with Crippen LogP contribution >= 0.6 is 11.6 Å². The topological polar surface area (TPSA) is 55.1 Å². The van der Waals surface area contributed by atoms with Gasteiger partial charge >= 0.3 is 0 Å². The van der Waals surface area contributed by atoms with Crippen LogP contribution in [0.25, 0.3) is 0 Å². The number of aryl methyl sites for hydroxylation is 1. The van der Waals surface area contributed by atoms with Gasteiger partial charge in [0, 0.05) is 17.6 Å². The third-order valence-corrected chi connectivity index (χ3v) is 2.26. The summed E-state index contributed by atoms with van der Waals surface area (Å²) >= 11 is 5.89. The Morgan fingerprint density at radius 2 is 2.27 bits per heavy atom. The first kappa shape index (κ1) is 12.0. The Hall–Kier alpha value is -1.06. The molecule has 15 heavy (non-hydrogen) atoms. The Balaban J connectivity index is 2.87. The fourth-order valence-electron chi connectivity index (χ4n) is 1.37. The maximum absolute atomic E-state index is 11.0. The van der Waals surface area contributed by atoms with Crippen molar-refractivity contribution in [3.8, 4) is 0 Å². The minimum absolute atomic E-state index is 0.0775. The van der Waals surface area contributed by atoms with E-state index in [1.54, 1.807) is 6.07 Å². The number of hydrogen-bond acceptors (Lipinski definition) is 2. The van der Waals surface area contributed by atoms with Gasteiger partial charge < -0.3 is 11.1 Å². The van der Waals surface area contributed by atoms with Crippen LogP contribution in [0.3, 0.4) is 0 Å². The van der Waals surface area contributed by atoms with Crippen molar-refractivity contribution in [3.05, 3.63) is 28.8 Å². The molecule has 0 saturated carbocycles. The molecule has 0 unspecified atom stereocenters. The maximum Gasteiger partial charge on any atom is 0.221 e. The van der Waals surface area contributed by atoms with Crippen molar-refractivity contribution in [3.63, 3.8) is 0 Å². The molecule has 0 aliphatic heterocycles. The number of benzene rings is 1. The highest BCUT2D eigenvalue weighted by atomic mass is 35.5. The molecule has 3 nitrogen and oxygen atoms in total. The summed E-state index contributed by atoms with van der Waals surface area (Å²) in [6.07, 6.45) is 1.71. The van der Waals surface area contributed by atoms with Crippen molar-refractivity contribution in [2.75, 3.05) is 11.9 Å². The molecule has 0 aliphatic rings. The van der Waals surface area contributed by atoms with Gasteiger partial charge in [-0.25, -0.2) is 0 Å². The molecule has 0 spiro atoms. The first-order valence-electron chi connectivity index (χ1n) is 4.89. The van der Waals surface area contributed by atoms with E-state index in [-0.39, 0.29) is 5.91 Å². The average molecular weight is 227 g/mol. The third-order valence-electron chi connectivity index (χ3n) is 2.03. The predicted octanol–water partition coefficient (Wildman–Crippen LogP) is 2.19. The van der Waals surface area contributed by atoms with E-state index >= 15 is 0 Å². The molecule has 4 heteroatoms. The Labute approximate surface area is 94.6 Å². The highest BCUT2D eigenvalue weighted by Crippen LogP contribution is 2.21. The number of halogens is 1. The first-order chi connectivity index (χ1) is 7.13. The van der Waals surface area contributed by atoms with Crippen molar-refractivity contribution < 1.29 is 4.79 Å². The molecule has 0 radical (unpaired) electrons. The van der Waals surface area contributed by atoms with E-state index < -0.39 is 0 Å². The molecule has 1 rings (SSSR count). The van der Waals surface area contributed by atoms with Gasteiger partial charge in [-0.05, 0) is 43.1 Å². The van der Waals surface area contributed by atoms with Crippen LogP contribution in [0.4, 0.5) is 5.69 Å². The monoisotopic (exact) mass is 226 g/mol. The van der Waals surface area contributed by atoms with Crippen LogP contribution in [0.15, 0.2) is 18.2 Å². The molecule has 1 aromatic rings. The van der Waals surface area contributed by atoms with E-state index in [2.05, 4.69) is 5.32 Å². The van der Waals surface area contributed by atoms with Gasteiger partial charge in [-0.1, -0.05) is 11.6 Å². The quantitative estimate of drug-likeness (QED) is 0.827. The lowest BCUT2D eigenvalue weighted by molar-refractivity contribution is -0.114. The van der Waals surface area contributed by atoms with Gasteiger partial charge in [0.05, 0.1) is 0 Å². The van der Waals surface area contributed by atoms with Crippen LogP contribution in [0, 0.1) is 0 Å². The van der Waals surface area contributed by atoms with Crippen molar-refractivity contribution in [2.24, 2.45) is 5.73 Å². The summed E-state index contributed by atoms with van der Waals surface area (Å²) in [6, 6.07) is 5.44. The molecule has 1 amide bonds. The van der Waals surface area contributed by atoms with Crippen LogP contribution in [0.2, 0.25) is 5.02 Å². The molecule has 0 atom stereocenters. The second kappa shape index (κ2) is 5.73. The summed E-state index contributed by atoms with van der Waals surface area (Å²) in [7, 11) is 0. The third kappa shape index (κ3) is 3.90. The second-order valence-corrected chi connectivity index (χ2v) is 3.81. The highest BCUT2D eigenvalue weighted by Gasteiger charge is 2.04. The SMILES string of the molecule is CC(=O)Nc1ccc(Cl)cc1CCCN. The Morgan fingerprint density at radius 3 is 2.87 bits per heavy atom. The van der Waals surface area contributed by atoms with Gasteiger partial charge in [0.25, 0.3) is 0 Å². The molecule has 0 bridgehead atoms. The van der Waals surface area contributed by atoms with Crippen molar-refractivity contribution in [2.45, 2.75) is 19.8 Å². The number of hydrogen-bond donors (Lipinski definition) is 2. The summed E-state index contributed by atoms with van der Waals surface area (Å²) in [5.41, 5.74) is 7.30. The number of rotatable bonds is 4. The van der Waals surface area contributed by atoms with Crippen LogP contribution in [-0.4, -0.2) is 12.5 Å². The van der Waals surface area contributed by atoms with E-state index in [9.17, 15) is 4.79 Å². The Morgan fingerprint density at radius 1 is 1.53 bits per heavy atom. The van der Waals surface area contributed by atoms with Gasteiger partial charge in [0.15, 0.2) is 0 Å². The van der Waals surface area contributed by atoms with Gasteiger partial charge in [-0.15, -0.1) is 0 Å². The minimum Gasteiger partial charge on any atom is -0.330 e. The van der Waals surface area contributed by atoms with Crippen LogP contribution in [0.5, 0.6) is 0 Å². The standard InChI is InChI=1S/C11H15ClN2O/c1-8(15)14-11-5-4-10(12)7-9(11)3-2-6-13/h4-5,7H,2-3,6,13H2,1H3,(H,14,15). The molecular formula is C11H15ClN2O. The average Bonchev–Trinajstić information content (AvgIpc) is 2.18. The number of nitrogens with one attached hydrogen (secondary N) is 1. The lowest BCUT2D eigenvalue weighted by Crippen LogP contribution is -2.09. The smallest absolute Gasteiger partial charge is 0.221 e. The van der Waals surface area contributed by atoms with Crippen LogP contribution < -0.4 is 11.1 Å².